The summed E-state index contributed by atoms with van der Waals surface area (Å²) in [5.41, 5.74) is 2.73. The minimum absolute atomic E-state index is 0.0198. The van der Waals surface area contributed by atoms with Gasteiger partial charge in [-0.05, 0) is 37.5 Å². The molecule has 2 aliphatic heterocycles. The number of fused-ring (bicyclic) bond motifs is 1. The van der Waals surface area contributed by atoms with Crippen LogP contribution in [-0.4, -0.2) is 38.0 Å². The normalized spacial score (nSPS) is 19.1. The van der Waals surface area contributed by atoms with E-state index in [9.17, 15) is 9.59 Å². The third-order valence-corrected chi connectivity index (χ3v) is 6.78. The molecular formula is C26H29N5O2. The summed E-state index contributed by atoms with van der Waals surface area (Å²) in [5.74, 6) is 1.42. The first-order chi connectivity index (χ1) is 16.1. The van der Waals surface area contributed by atoms with Gasteiger partial charge in [0.25, 0.3) is 0 Å². The largest absolute Gasteiger partial charge is 0.335 e. The zero-order valence-corrected chi connectivity index (χ0v) is 18.9. The lowest BCUT2D eigenvalue weighted by molar-refractivity contribution is -0.129. The molecule has 5 rings (SSSR count). The van der Waals surface area contributed by atoms with Gasteiger partial charge in [0.1, 0.15) is 5.82 Å². The van der Waals surface area contributed by atoms with Crippen LogP contribution in [0.3, 0.4) is 0 Å². The van der Waals surface area contributed by atoms with Crippen molar-refractivity contribution in [3.63, 3.8) is 0 Å². The van der Waals surface area contributed by atoms with Crippen LogP contribution < -0.4 is 5.32 Å². The summed E-state index contributed by atoms with van der Waals surface area (Å²) in [6.45, 7) is 3.37. The van der Waals surface area contributed by atoms with E-state index in [1.54, 1.807) is 0 Å². The number of amides is 2. The Morgan fingerprint density at radius 1 is 1.06 bits per heavy atom. The van der Waals surface area contributed by atoms with Gasteiger partial charge in [0, 0.05) is 37.2 Å². The lowest BCUT2D eigenvalue weighted by Crippen LogP contribution is -2.30. The lowest BCUT2D eigenvalue weighted by atomic mass is 10.1. The molecule has 2 aliphatic rings. The van der Waals surface area contributed by atoms with Crippen molar-refractivity contribution < 1.29 is 9.59 Å². The Morgan fingerprint density at radius 2 is 1.91 bits per heavy atom. The zero-order chi connectivity index (χ0) is 22.8. The molecular weight excluding hydrogens is 414 g/mol. The molecule has 7 nitrogen and oxygen atoms in total. The molecule has 0 aliphatic carbocycles. The third-order valence-electron chi connectivity index (χ3n) is 6.78. The quantitative estimate of drug-likeness (QED) is 0.640. The molecule has 0 spiro atoms. The summed E-state index contributed by atoms with van der Waals surface area (Å²) in [4.78, 5) is 27.5. The van der Waals surface area contributed by atoms with Crippen molar-refractivity contribution in [2.45, 2.75) is 51.6 Å². The van der Waals surface area contributed by atoms with Gasteiger partial charge < -0.3 is 14.8 Å². The van der Waals surface area contributed by atoms with Crippen molar-refractivity contribution in [2.75, 3.05) is 11.9 Å². The first-order valence-corrected chi connectivity index (χ1v) is 11.8. The van der Waals surface area contributed by atoms with Gasteiger partial charge in [-0.1, -0.05) is 48.9 Å². The Hall–Kier alpha value is -3.48. The molecule has 1 N–H and O–H groups in total. The van der Waals surface area contributed by atoms with Crippen LogP contribution in [0.1, 0.15) is 50.0 Å². The van der Waals surface area contributed by atoms with Crippen molar-refractivity contribution in [3.8, 4) is 11.4 Å². The van der Waals surface area contributed by atoms with E-state index in [0.29, 0.717) is 12.2 Å². The van der Waals surface area contributed by atoms with Gasteiger partial charge in [0.2, 0.25) is 11.8 Å². The van der Waals surface area contributed by atoms with Gasteiger partial charge in [-0.15, -0.1) is 10.2 Å². The fourth-order valence-electron chi connectivity index (χ4n) is 4.87. The summed E-state index contributed by atoms with van der Waals surface area (Å²) in [7, 11) is 0. The minimum Gasteiger partial charge on any atom is -0.335 e. The summed E-state index contributed by atoms with van der Waals surface area (Å²) in [6.07, 6.45) is 4.67. The molecule has 33 heavy (non-hydrogen) atoms. The molecule has 0 bridgehead atoms. The van der Waals surface area contributed by atoms with Crippen LogP contribution in [0.15, 0.2) is 54.6 Å². The van der Waals surface area contributed by atoms with E-state index in [1.165, 1.54) is 6.42 Å². The summed E-state index contributed by atoms with van der Waals surface area (Å²) < 4.78 is 2.20. The topological polar surface area (TPSA) is 80.1 Å². The fourth-order valence-corrected chi connectivity index (χ4v) is 4.87. The summed E-state index contributed by atoms with van der Waals surface area (Å²) >= 11 is 0. The van der Waals surface area contributed by atoms with Gasteiger partial charge in [0.05, 0.1) is 12.0 Å². The first-order valence-electron chi connectivity index (χ1n) is 11.8. The van der Waals surface area contributed by atoms with Crippen LogP contribution in [0.25, 0.3) is 11.4 Å². The Bertz CT molecular complexity index is 1160. The number of hydrogen-bond donors (Lipinski definition) is 1. The van der Waals surface area contributed by atoms with Gasteiger partial charge in [0.15, 0.2) is 5.82 Å². The third kappa shape index (κ3) is 4.40. The monoisotopic (exact) mass is 443 g/mol. The SMILES string of the molecule is C[C@@H](c1ccccc1)N1C[C@H](C(=O)Nc2cccc(-c3nnc4n3CCCCC4)c2)CC1=O. The summed E-state index contributed by atoms with van der Waals surface area (Å²) in [5, 5.41) is 11.8. The number of aryl methyl sites for hydroxylation is 1. The number of likely N-dealkylation sites (tertiary alicyclic amines) is 1. The highest BCUT2D eigenvalue weighted by molar-refractivity contribution is 5.97. The maximum Gasteiger partial charge on any atom is 0.229 e. The van der Waals surface area contributed by atoms with Gasteiger partial charge >= 0.3 is 0 Å². The van der Waals surface area contributed by atoms with E-state index >= 15 is 0 Å². The van der Waals surface area contributed by atoms with Crippen molar-refractivity contribution >= 4 is 17.5 Å². The predicted molar refractivity (Wildman–Crippen MR) is 126 cm³/mol. The number of nitrogens with zero attached hydrogens (tertiary/aromatic N) is 4. The number of hydrogen-bond acceptors (Lipinski definition) is 4. The maximum atomic E-state index is 13.0. The average molecular weight is 444 g/mol. The number of anilines is 1. The molecule has 2 aromatic carbocycles. The van der Waals surface area contributed by atoms with Gasteiger partial charge in [-0.3, -0.25) is 9.59 Å². The van der Waals surface area contributed by atoms with Crippen LogP contribution >= 0.6 is 0 Å². The van der Waals surface area contributed by atoms with E-state index in [1.807, 2.05) is 66.4 Å². The summed E-state index contributed by atoms with van der Waals surface area (Å²) in [6, 6.07) is 17.6. The predicted octanol–water partition coefficient (Wildman–Crippen LogP) is 4.22. The molecule has 0 radical (unpaired) electrons. The number of benzene rings is 2. The van der Waals surface area contributed by atoms with E-state index in [4.69, 9.17) is 0 Å². The molecule has 170 valence electrons. The van der Waals surface area contributed by atoms with E-state index < -0.39 is 0 Å². The molecule has 1 fully saturated rings. The number of carbonyl (C=O) groups excluding carboxylic acids is 2. The highest BCUT2D eigenvalue weighted by atomic mass is 16.2. The average Bonchev–Trinajstić information content (AvgIpc) is 3.35. The van der Waals surface area contributed by atoms with Crippen molar-refractivity contribution in [2.24, 2.45) is 5.92 Å². The van der Waals surface area contributed by atoms with Crippen LogP contribution in [0, 0.1) is 5.92 Å². The Morgan fingerprint density at radius 3 is 2.76 bits per heavy atom. The van der Waals surface area contributed by atoms with Crippen molar-refractivity contribution in [1.29, 1.82) is 0 Å². The second-order valence-corrected chi connectivity index (χ2v) is 9.01. The van der Waals surface area contributed by atoms with Crippen molar-refractivity contribution in [1.82, 2.24) is 19.7 Å². The Labute approximate surface area is 193 Å². The Kier molecular flexibility index (Phi) is 5.94. The van der Waals surface area contributed by atoms with Gasteiger partial charge in [-0.25, -0.2) is 0 Å². The number of carbonyl (C=O) groups is 2. The van der Waals surface area contributed by atoms with Crippen LogP contribution in [0.5, 0.6) is 0 Å². The van der Waals surface area contributed by atoms with Gasteiger partial charge in [-0.2, -0.15) is 0 Å². The maximum absolute atomic E-state index is 13.0. The first kappa shape index (κ1) is 21.4. The highest BCUT2D eigenvalue weighted by Gasteiger charge is 2.37. The lowest BCUT2D eigenvalue weighted by Gasteiger charge is -2.25. The molecule has 1 saturated heterocycles. The van der Waals surface area contributed by atoms with Crippen LogP contribution in [0.4, 0.5) is 5.69 Å². The van der Waals surface area contributed by atoms with Crippen molar-refractivity contribution in [3.05, 3.63) is 66.0 Å². The number of rotatable bonds is 5. The minimum atomic E-state index is -0.364. The van der Waals surface area contributed by atoms with Crippen LogP contribution in [-0.2, 0) is 22.6 Å². The molecule has 3 aromatic rings. The van der Waals surface area contributed by atoms with E-state index in [-0.39, 0.29) is 30.2 Å². The van der Waals surface area contributed by atoms with Crippen LogP contribution in [0.2, 0.25) is 0 Å². The zero-order valence-electron chi connectivity index (χ0n) is 18.9. The highest BCUT2D eigenvalue weighted by Crippen LogP contribution is 2.30. The molecule has 0 unspecified atom stereocenters. The fraction of sp³-hybridized carbons (Fsp3) is 0.385. The second kappa shape index (κ2) is 9.17. The molecule has 3 heterocycles. The second-order valence-electron chi connectivity index (χ2n) is 9.01. The smallest absolute Gasteiger partial charge is 0.229 e. The molecule has 0 saturated carbocycles. The molecule has 2 atom stereocenters. The van der Waals surface area contributed by atoms with E-state index in [0.717, 1.165) is 48.6 Å². The number of nitrogens with one attached hydrogen (secondary N) is 1. The standard InChI is InChI=1S/C26H29N5O2/c1-18(19-9-4-2-5-10-19)31-17-21(16-24(31)32)26(33)27-22-12-8-11-20(15-22)25-29-28-23-13-6-3-7-14-30(23)25/h2,4-5,8-12,15,18,21H,3,6-7,13-14,16-17H2,1H3,(H,27,33)/t18-,21+/m0/s1. The molecule has 2 amide bonds. The molecule has 1 aromatic heterocycles. The Balaban J connectivity index is 1.28. The molecule has 7 heteroatoms. The van der Waals surface area contributed by atoms with E-state index in [2.05, 4.69) is 20.1 Å². The number of aromatic nitrogens is 3.